The zero-order chi connectivity index (χ0) is 13.2. The van der Waals surface area contributed by atoms with Gasteiger partial charge in [0.2, 0.25) is 0 Å². The quantitative estimate of drug-likeness (QED) is 0.799. The number of ketones is 1. The van der Waals surface area contributed by atoms with E-state index in [4.69, 9.17) is 5.73 Å². The minimum absolute atomic E-state index is 0.230. The second-order valence-electron chi connectivity index (χ2n) is 4.79. The molecule has 0 spiro atoms. The van der Waals surface area contributed by atoms with Crippen LogP contribution >= 0.6 is 22.7 Å². The van der Waals surface area contributed by atoms with Gasteiger partial charge in [0.15, 0.2) is 5.78 Å². The van der Waals surface area contributed by atoms with Crippen molar-refractivity contribution in [3.63, 3.8) is 0 Å². The summed E-state index contributed by atoms with van der Waals surface area (Å²) >= 11 is 3.26. The molecule has 0 aromatic carbocycles. The van der Waals surface area contributed by atoms with Gasteiger partial charge in [0.25, 0.3) is 0 Å². The Balaban J connectivity index is 1.59. The van der Waals surface area contributed by atoms with Crippen molar-refractivity contribution in [2.45, 2.75) is 19.3 Å². The van der Waals surface area contributed by atoms with Crippen LogP contribution in [0.2, 0.25) is 0 Å². The van der Waals surface area contributed by atoms with Crippen LogP contribution in [-0.2, 0) is 6.42 Å². The first-order chi connectivity index (χ1) is 9.24. The number of rotatable bonds is 6. The Morgan fingerprint density at radius 3 is 3.00 bits per heavy atom. The third kappa shape index (κ3) is 2.98. The number of Topliss-reactive ketones (excluding diaryl/α,β-unsaturated/α-hetero) is 1. The van der Waals surface area contributed by atoms with Crippen molar-refractivity contribution in [3.8, 4) is 0 Å². The molecule has 3 N–H and O–H groups in total. The van der Waals surface area contributed by atoms with Crippen LogP contribution in [0.1, 0.15) is 27.4 Å². The van der Waals surface area contributed by atoms with Gasteiger partial charge in [0, 0.05) is 17.3 Å². The van der Waals surface area contributed by atoms with Gasteiger partial charge in [-0.2, -0.15) is 0 Å². The molecule has 3 nitrogen and oxygen atoms in total. The predicted octanol–water partition coefficient (Wildman–Crippen LogP) is 3.64. The van der Waals surface area contributed by atoms with Crippen LogP contribution in [0.25, 0.3) is 0 Å². The molecule has 1 saturated carbocycles. The number of nitrogens with one attached hydrogen (secondary N) is 1. The van der Waals surface area contributed by atoms with Gasteiger partial charge in [-0.3, -0.25) is 4.79 Å². The van der Waals surface area contributed by atoms with Gasteiger partial charge < -0.3 is 11.1 Å². The van der Waals surface area contributed by atoms with E-state index in [0.717, 1.165) is 35.7 Å². The molecular weight excluding hydrogens is 276 g/mol. The number of hydrogen-bond donors (Lipinski definition) is 2. The summed E-state index contributed by atoms with van der Waals surface area (Å²) in [6.07, 6.45) is 3.05. The number of thiophene rings is 2. The van der Waals surface area contributed by atoms with Gasteiger partial charge in [0.05, 0.1) is 15.6 Å². The zero-order valence-corrected chi connectivity index (χ0v) is 12.2. The van der Waals surface area contributed by atoms with Crippen molar-refractivity contribution in [1.82, 2.24) is 0 Å². The first-order valence-electron chi connectivity index (χ1n) is 6.44. The Labute approximate surface area is 120 Å². The number of anilines is 2. The van der Waals surface area contributed by atoms with Crippen LogP contribution < -0.4 is 11.1 Å². The monoisotopic (exact) mass is 292 g/mol. The number of nitrogen functional groups attached to an aromatic ring is 1. The molecule has 3 rings (SSSR count). The third-order valence-electron chi connectivity index (χ3n) is 3.18. The van der Waals surface area contributed by atoms with Crippen molar-refractivity contribution in [2.75, 3.05) is 17.6 Å². The fourth-order valence-electron chi connectivity index (χ4n) is 1.98. The van der Waals surface area contributed by atoms with Gasteiger partial charge in [-0.1, -0.05) is 6.07 Å². The van der Waals surface area contributed by atoms with E-state index in [1.807, 2.05) is 6.07 Å². The Morgan fingerprint density at radius 1 is 1.47 bits per heavy atom. The van der Waals surface area contributed by atoms with E-state index in [2.05, 4.69) is 22.8 Å². The van der Waals surface area contributed by atoms with Crippen LogP contribution in [-0.4, -0.2) is 12.3 Å². The molecule has 1 aliphatic rings. The lowest BCUT2D eigenvalue weighted by molar-refractivity contribution is 0.0972. The van der Waals surface area contributed by atoms with Crippen molar-refractivity contribution in [3.05, 3.63) is 33.3 Å². The molecule has 2 aromatic heterocycles. The molecule has 0 bridgehead atoms. The summed E-state index contributed by atoms with van der Waals surface area (Å²) in [6, 6.07) is 6.08. The Kier molecular flexibility index (Phi) is 3.57. The topological polar surface area (TPSA) is 55.1 Å². The normalized spacial score (nSPS) is 14.5. The van der Waals surface area contributed by atoms with Gasteiger partial charge in [-0.15, -0.1) is 22.7 Å². The zero-order valence-electron chi connectivity index (χ0n) is 10.5. The lowest BCUT2D eigenvalue weighted by Gasteiger charge is -2.01. The summed E-state index contributed by atoms with van der Waals surface area (Å²) < 4.78 is 0. The van der Waals surface area contributed by atoms with Crippen molar-refractivity contribution < 1.29 is 4.79 Å². The molecule has 19 heavy (non-hydrogen) atoms. The first kappa shape index (κ1) is 12.7. The van der Waals surface area contributed by atoms with E-state index in [1.54, 1.807) is 11.3 Å². The molecule has 0 radical (unpaired) electrons. The number of carbonyl (C=O) groups excluding carboxylic acids is 1. The lowest BCUT2D eigenvalue weighted by atomic mass is 10.2. The highest BCUT2D eigenvalue weighted by Gasteiger charge is 2.32. The Morgan fingerprint density at radius 2 is 2.32 bits per heavy atom. The summed E-state index contributed by atoms with van der Waals surface area (Å²) in [7, 11) is 0. The Bertz CT molecular complexity index is 570. The molecule has 5 heteroatoms. The van der Waals surface area contributed by atoms with Crippen LogP contribution in [0.15, 0.2) is 23.6 Å². The smallest absolute Gasteiger partial charge is 0.178 e. The molecule has 0 unspecified atom stereocenters. The molecule has 2 heterocycles. The van der Waals surface area contributed by atoms with Crippen LogP contribution in [0.4, 0.5) is 10.7 Å². The second kappa shape index (κ2) is 5.35. The highest BCUT2D eigenvalue weighted by Crippen LogP contribution is 2.38. The summed E-state index contributed by atoms with van der Waals surface area (Å²) in [6.45, 7) is 0.873. The lowest BCUT2D eigenvalue weighted by Crippen LogP contribution is -2.02. The van der Waals surface area contributed by atoms with E-state index in [-0.39, 0.29) is 11.7 Å². The summed E-state index contributed by atoms with van der Waals surface area (Å²) in [5.41, 5.74) is 6.55. The average Bonchev–Trinajstić information content (AvgIpc) is 3.00. The fourth-order valence-corrected chi connectivity index (χ4v) is 3.71. The highest BCUT2D eigenvalue weighted by molar-refractivity contribution is 7.18. The third-order valence-corrected chi connectivity index (χ3v) is 5.24. The van der Waals surface area contributed by atoms with E-state index < -0.39 is 0 Å². The van der Waals surface area contributed by atoms with Crippen LogP contribution in [0, 0.1) is 5.92 Å². The van der Waals surface area contributed by atoms with E-state index >= 15 is 0 Å². The number of hydrogen-bond acceptors (Lipinski definition) is 5. The minimum Gasteiger partial charge on any atom is -0.397 e. The summed E-state index contributed by atoms with van der Waals surface area (Å²) in [5.74, 6) is 0.466. The van der Waals surface area contributed by atoms with Crippen LogP contribution in [0.3, 0.4) is 0 Å². The van der Waals surface area contributed by atoms with Crippen molar-refractivity contribution in [2.24, 2.45) is 5.92 Å². The molecular formula is C14H16N2OS2. The predicted molar refractivity (Wildman–Crippen MR) is 82.3 cm³/mol. The van der Waals surface area contributed by atoms with Gasteiger partial charge in [-0.25, -0.2) is 0 Å². The van der Waals surface area contributed by atoms with Crippen molar-refractivity contribution >= 4 is 39.1 Å². The Hall–Kier alpha value is -1.33. The number of carbonyl (C=O) groups is 1. The number of nitrogens with two attached hydrogens (primary N) is 1. The van der Waals surface area contributed by atoms with Gasteiger partial charge in [0.1, 0.15) is 0 Å². The summed E-state index contributed by atoms with van der Waals surface area (Å²) in [5, 5.41) is 6.44. The van der Waals surface area contributed by atoms with Crippen molar-refractivity contribution in [1.29, 1.82) is 0 Å². The SMILES string of the molecule is Nc1cc(NCCc2cccs2)sc1C(=O)C1CC1. The molecule has 0 atom stereocenters. The average molecular weight is 292 g/mol. The summed E-state index contributed by atoms with van der Waals surface area (Å²) in [4.78, 5) is 14.1. The highest BCUT2D eigenvalue weighted by atomic mass is 32.1. The second-order valence-corrected chi connectivity index (χ2v) is 6.87. The van der Waals surface area contributed by atoms with E-state index in [1.165, 1.54) is 16.2 Å². The van der Waals surface area contributed by atoms with E-state index in [0.29, 0.717) is 5.69 Å². The fraction of sp³-hybridized carbons (Fsp3) is 0.357. The molecule has 100 valence electrons. The molecule has 1 aliphatic carbocycles. The minimum atomic E-state index is 0.230. The molecule has 0 aliphatic heterocycles. The van der Waals surface area contributed by atoms with E-state index in [9.17, 15) is 4.79 Å². The molecule has 2 aromatic rings. The maximum atomic E-state index is 12.0. The largest absolute Gasteiger partial charge is 0.397 e. The maximum absolute atomic E-state index is 12.0. The standard InChI is InChI=1S/C14H16N2OS2/c15-11-8-12(16-6-5-10-2-1-7-18-10)19-14(11)13(17)9-3-4-9/h1-2,7-9,16H,3-6,15H2. The van der Waals surface area contributed by atoms with Gasteiger partial charge in [-0.05, 0) is 36.8 Å². The van der Waals surface area contributed by atoms with Crippen LogP contribution in [0.5, 0.6) is 0 Å². The molecule has 0 saturated heterocycles. The molecule has 1 fully saturated rings. The first-order valence-corrected chi connectivity index (χ1v) is 8.13. The molecule has 0 amide bonds. The van der Waals surface area contributed by atoms with Gasteiger partial charge >= 0.3 is 0 Å². The maximum Gasteiger partial charge on any atom is 0.178 e.